The Labute approximate surface area is 150 Å². The van der Waals surface area contributed by atoms with Gasteiger partial charge in [0, 0.05) is 0 Å². The topological polar surface area (TPSA) is 47.6 Å². The molecule has 2 aromatic carbocycles. The number of benzene rings is 2. The molecule has 2 aromatic rings. The molecule has 0 saturated carbocycles. The zero-order valence-electron chi connectivity index (χ0n) is 15.5. The van der Waals surface area contributed by atoms with Crippen LogP contribution in [0.25, 0.3) is 0 Å². The van der Waals surface area contributed by atoms with Crippen molar-refractivity contribution >= 4 is 5.91 Å². The van der Waals surface area contributed by atoms with E-state index >= 15 is 0 Å². The lowest BCUT2D eigenvalue weighted by Crippen LogP contribution is -2.32. The van der Waals surface area contributed by atoms with Crippen LogP contribution in [0.5, 0.6) is 11.5 Å². The van der Waals surface area contributed by atoms with Crippen LogP contribution in [0.3, 0.4) is 0 Å². The van der Waals surface area contributed by atoms with Crippen molar-refractivity contribution in [1.82, 2.24) is 5.32 Å². The quantitative estimate of drug-likeness (QED) is 0.778. The summed E-state index contributed by atoms with van der Waals surface area (Å²) in [5.74, 6) is 1.37. The van der Waals surface area contributed by atoms with Crippen LogP contribution in [-0.2, 0) is 10.2 Å². The molecule has 2 rings (SSSR count). The molecule has 0 aromatic heterocycles. The Bertz CT molecular complexity index is 687. The second-order valence-corrected chi connectivity index (χ2v) is 7.03. The number of rotatable bonds is 7. The van der Waals surface area contributed by atoms with E-state index in [9.17, 15) is 4.79 Å². The molecule has 0 aliphatic rings. The van der Waals surface area contributed by atoms with Gasteiger partial charge in [-0.05, 0) is 41.7 Å². The summed E-state index contributed by atoms with van der Waals surface area (Å²) in [6.07, 6.45) is 0. The Balaban J connectivity index is 1.68. The Hall–Kier alpha value is -2.49. The predicted molar refractivity (Wildman–Crippen MR) is 100 cm³/mol. The maximum atomic E-state index is 11.8. The minimum atomic E-state index is -0.159. The van der Waals surface area contributed by atoms with Gasteiger partial charge in [-0.25, -0.2) is 0 Å². The van der Waals surface area contributed by atoms with E-state index in [1.54, 1.807) is 0 Å². The molecule has 0 heterocycles. The number of nitrogens with one attached hydrogen (secondary N) is 1. The summed E-state index contributed by atoms with van der Waals surface area (Å²) in [4.78, 5) is 11.8. The van der Waals surface area contributed by atoms with Crippen LogP contribution in [0, 0.1) is 6.92 Å². The van der Waals surface area contributed by atoms with Crippen molar-refractivity contribution in [2.24, 2.45) is 0 Å². The highest BCUT2D eigenvalue weighted by atomic mass is 16.5. The van der Waals surface area contributed by atoms with Crippen LogP contribution in [0.15, 0.2) is 48.5 Å². The van der Waals surface area contributed by atoms with Gasteiger partial charge in [-0.15, -0.1) is 0 Å². The normalized spacial score (nSPS) is 11.0. The molecule has 0 aliphatic carbocycles. The highest BCUT2D eigenvalue weighted by Crippen LogP contribution is 2.24. The summed E-state index contributed by atoms with van der Waals surface area (Å²) < 4.78 is 11.2. The molecule has 0 unspecified atom stereocenters. The summed E-state index contributed by atoms with van der Waals surface area (Å²) in [6.45, 7) is 9.35. The Morgan fingerprint density at radius 1 is 1.00 bits per heavy atom. The van der Waals surface area contributed by atoms with E-state index in [0.29, 0.717) is 18.9 Å². The molecule has 0 aliphatic heterocycles. The third-order valence-corrected chi connectivity index (χ3v) is 3.87. The largest absolute Gasteiger partial charge is 0.491 e. The number of carbonyl (C=O) groups excluding carboxylic acids is 1. The van der Waals surface area contributed by atoms with E-state index in [2.05, 4.69) is 26.1 Å². The Morgan fingerprint density at radius 3 is 2.32 bits per heavy atom. The van der Waals surface area contributed by atoms with Gasteiger partial charge in [0.05, 0.1) is 6.54 Å². The average molecular weight is 341 g/mol. The number of aryl methyl sites for hydroxylation is 1. The number of carbonyl (C=O) groups is 1. The van der Waals surface area contributed by atoms with Crippen molar-refractivity contribution < 1.29 is 14.3 Å². The minimum Gasteiger partial charge on any atom is -0.491 e. The zero-order valence-corrected chi connectivity index (χ0v) is 15.5. The number of ether oxygens (including phenoxy) is 2. The first-order valence-corrected chi connectivity index (χ1v) is 8.55. The second kappa shape index (κ2) is 8.56. The summed E-state index contributed by atoms with van der Waals surface area (Å²) in [6, 6.07) is 15.7. The molecule has 1 amide bonds. The lowest BCUT2D eigenvalue weighted by Gasteiger charge is -2.19. The third kappa shape index (κ3) is 6.14. The molecule has 25 heavy (non-hydrogen) atoms. The van der Waals surface area contributed by atoms with Crippen LogP contribution in [0.4, 0.5) is 0 Å². The smallest absolute Gasteiger partial charge is 0.258 e. The molecule has 0 fully saturated rings. The predicted octanol–water partition coefficient (Wildman–Crippen LogP) is 3.87. The van der Waals surface area contributed by atoms with E-state index in [1.165, 1.54) is 5.56 Å². The fraction of sp³-hybridized carbons (Fsp3) is 0.381. The van der Waals surface area contributed by atoms with Gasteiger partial charge in [0.2, 0.25) is 0 Å². The lowest BCUT2D eigenvalue weighted by molar-refractivity contribution is -0.123. The Kier molecular flexibility index (Phi) is 6.45. The second-order valence-electron chi connectivity index (χ2n) is 7.03. The van der Waals surface area contributed by atoms with Crippen LogP contribution in [-0.4, -0.2) is 25.7 Å². The van der Waals surface area contributed by atoms with E-state index in [4.69, 9.17) is 9.47 Å². The van der Waals surface area contributed by atoms with Crippen LogP contribution in [0.1, 0.15) is 31.9 Å². The fourth-order valence-corrected chi connectivity index (χ4v) is 2.32. The van der Waals surface area contributed by atoms with Crippen molar-refractivity contribution in [3.05, 3.63) is 59.7 Å². The molecular weight excluding hydrogens is 314 g/mol. The lowest BCUT2D eigenvalue weighted by atomic mass is 9.87. The highest BCUT2D eigenvalue weighted by molar-refractivity contribution is 5.77. The molecule has 0 saturated heterocycles. The van der Waals surface area contributed by atoms with E-state index in [1.807, 2.05) is 55.5 Å². The summed E-state index contributed by atoms with van der Waals surface area (Å²) >= 11 is 0. The average Bonchev–Trinajstić information content (AvgIpc) is 2.58. The standard InChI is InChI=1S/C21H27NO3/c1-16-7-5-6-8-19(16)24-14-13-22-20(23)15-25-18-11-9-17(10-12-18)21(2,3)4/h5-12H,13-15H2,1-4H3,(H,22,23). The molecule has 134 valence electrons. The van der Waals surface area contributed by atoms with Crippen molar-refractivity contribution in [1.29, 1.82) is 0 Å². The molecule has 4 heteroatoms. The number of para-hydroxylation sites is 1. The maximum absolute atomic E-state index is 11.8. The first kappa shape index (κ1) is 18.8. The summed E-state index contributed by atoms with van der Waals surface area (Å²) in [5.41, 5.74) is 2.42. The van der Waals surface area contributed by atoms with Gasteiger partial charge in [-0.1, -0.05) is 51.1 Å². The van der Waals surface area contributed by atoms with Gasteiger partial charge < -0.3 is 14.8 Å². The number of amides is 1. The number of hydrogen-bond acceptors (Lipinski definition) is 3. The molecule has 0 atom stereocenters. The van der Waals surface area contributed by atoms with Gasteiger partial charge >= 0.3 is 0 Å². The molecule has 0 radical (unpaired) electrons. The van der Waals surface area contributed by atoms with Gasteiger partial charge in [-0.3, -0.25) is 4.79 Å². The first-order valence-electron chi connectivity index (χ1n) is 8.55. The fourth-order valence-electron chi connectivity index (χ4n) is 2.32. The molecule has 1 N–H and O–H groups in total. The van der Waals surface area contributed by atoms with Gasteiger partial charge in [0.15, 0.2) is 6.61 Å². The first-order chi connectivity index (χ1) is 11.9. The van der Waals surface area contributed by atoms with Crippen molar-refractivity contribution in [2.45, 2.75) is 33.1 Å². The zero-order chi connectivity index (χ0) is 18.3. The minimum absolute atomic E-state index is 0.000765. The monoisotopic (exact) mass is 341 g/mol. The summed E-state index contributed by atoms with van der Waals surface area (Å²) in [5, 5.41) is 2.79. The highest BCUT2D eigenvalue weighted by Gasteiger charge is 2.13. The maximum Gasteiger partial charge on any atom is 0.258 e. The van der Waals surface area contributed by atoms with Gasteiger partial charge in [0.25, 0.3) is 5.91 Å². The van der Waals surface area contributed by atoms with Crippen LogP contribution < -0.4 is 14.8 Å². The van der Waals surface area contributed by atoms with E-state index in [0.717, 1.165) is 11.3 Å². The van der Waals surface area contributed by atoms with Crippen molar-refractivity contribution in [3.63, 3.8) is 0 Å². The van der Waals surface area contributed by atoms with Crippen molar-refractivity contribution in [2.75, 3.05) is 19.8 Å². The molecule has 0 bridgehead atoms. The molecular formula is C21H27NO3. The van der Waals surface area contributed by atoms with Gasteiger partial charge in [0.1, 0.15) is 18.1 Å². The van der Waals surface area contributed by atoms with E-state index in [-0.39, 0.29) is 17.9 Å². The number of hydrogen-bond donors (Lipinski definition) is 1. The SMILES string of the molecule is Cc1ccccc1OCCNC(=O)COc1ccc(C(C)(C)C)cc1. The Morgan fingerprint density at radius 2 is 1.68 bits per heavy atom. The third-order valence-electron chi connectivity index (χ3n) is 3.87. The van der Waals surface area contributed by atoms with Crippen LogP contribution in [0.2, 0.25) is 0 Å². The molecule has 0 spiro atoms. The van der Waals surface area contributed by atoms with Crippen LogP contribution >= 0.6 is 0 Å². The van der Waals surface area contributed by atoms with Gasteiger partial charge in [-0.2, -0.15) is 0 Å². The summed E-state index contributed by atoms with van der Waals surface area (Å²) in [7, 11) is 0. The van der Waals surface area contributed by atoms with E-state index < -0.39 is 0 Å². The van der Waals surface area contributed by atoms with Crippen molar-refractivity contribution in [3.8, 4) is 11.5 Å². The molecule has 4 nitrogen and oxygen atoms in total.